The average Bonchev–Trinajstić information content (AvgIpc) is 2.70. The van der Waals surface area contributed by atoms with Crippen molar-refractivity contribution in [3.05, 3.63) is 12.2 Å². The van der Waals surface area contributed by atoms with Crippen LogP contribution in [0.4, 0.5) is 4.79 Å². The highest BCUT2D eigenvalue weighted by atomic mass is 16.4. The van der Waals surface area contributed by atoms with Gasteiger partial charge in [-0.3, -0.25) is 9.89 Å². The molecular formula is C8H13N5O3. The molecule has 88 valence electrons. The number of carboxylic acids is 1. The summed E-state index contributed by atoms with van der Waals surface area (Å²) in [4.78, 5) is 25.1. The molecule has 0 spiro atoms. The molecule has 0 aromatic carbocycles. The number of aromatic amines is 1. The lowest BCUT2D eigenvalue weighted by Crippen LogP contribution is -2.37. The van der Waals surface area contributed by atoms with E-state index in [-0.39, 0.29) is 19.0 Å². The van der Waals surface area contributed by atoms with E-state index in [2.05, 4.69) is 25.8 Å². The number of rotatable bonds is 6. The van der Waals surface area contributed by atoms with Crippen LogP contribution in [-0.4, -0.2) is 45.4 Å². The highest BCUT2D eigenvalue weighted by Crippen LogP contribution is 1.85. The molecule has 0 unspecified atom stereocenters. The normalized spacial score (nSPS) is 9.75. The van der Waals surface area contributed by atoms with E-state index in [1.165, 1.54) is 6.33 Å². The Labute approximate surface area is 91.5 Å². The summed E-state index contributed by atoms with van der Waals surface area (Å²) in [7, 11) is 0. The second-order valence-electron chi connectivity index (χ2n) is 3.01. The number of nitrogens with zero attached hydrogens (tertiary/aromatic N) is 2. The molecule has 0 aliphatic heterocycles. The number of amides is 2. The number of urea groups is 1. The Morgan fingerprint density at radius 3 is 2.75 bits per heavy atom. The van der Waals surface area contributed by atoms with Crippen molar-refractivity contribution in [3.63, 3.8) is 0 Å². The minimum Gasteiger partial charge on any atom is -0.481 e. The van der Waals surface area contributed by atoms with Gasteiger partial charge in [-0.05, 0) is 0 Å². The molecule has 0 atom stereocenters. The van der Waals surface area contributed by atoms with E-state index in [1.807, 2.05) is 0 Å². The predicted octanol–water partition coefficient (Wildman–Crippen LogP) is -0.879. The second-order valence-corrected chi connectivity index (χ2v) is 3.01. The number of aromatic nitrogens is 3. The van der Waals surface area contributed by atoms with Gasteiger partial charge in [0.05, 0.1) is 6.42 Å². The smallest absolute Gasteiger partial charge is 0.314 e. The molecule has 8 nitrogen and oxygen atoms in total. The summed E-state index contributed by atoms with van der Waals surface area (Å²) in [5.74, 6) is -0.257. The summed E-state index contributed by atoms with van der Waals surface area (Å²) in [6, 6.07) is -0.388. The van der Waals surface area contributed by atoms with E-state index >= 15 is 0 Å². The van der Waals surface area contributed by atoms with Crippen molar-refractivity contribution in [2.24, 2.45) is 0 Å². The fourth-order valence-electron chi connectivity index (χ4n) is 0.991. The minimum absolute atomic E-state index is 0.0878. The molecule has 0 radical (unpaired) electrons. The maximum Gasteiger partial charge on any atom is 0.314 e. The van der Waals surface area contributed by atoms with Gasteiger partial charge in [0.2, 0.25) is 0 Å². The van der Waals surface area contributed by atoms with Gasteiger partial charge in [-0.25, -0.2) is 9.78 Å². The topological polar surface area (TPSA) is 120 Å². The molecular weight excluding hydrogens is 214 g/mol. The first kappa shape index (κ1) is 12.0. The van der Waals surface area contributed by atoms with Gasteiger partial charge in [0.25, 0.3) is 0 Å². The van der Waals surface area contributed by atoms with Crippen LogP contribution in [0.5, 0.6) is 0 Å². The molecule has 0 saturated carbocycles. The number of carbonyl (C=O) groups excluding carboxylic acids is 1. The van der Waals surface area contributed by atoms with Crippen LogP contribution in [-0.2, 0) is 11.2 Å². The standard InChI is InChI=1S/C8H13N5O3/c14-7(15)2-4-10-8(16)9-3-1-6-11-5-12-13-6/h5H,1-4H2,(H,14,15)(H2,9,10,16)(H,11,12,13). The molecule has 8 heteroatoms. The first-order valence-corrected chi connectivity index (χ1v) is 4.76. The van der Waals surface area contributed by atoms with Crippen LogP contribution in [0.25, 0.3) is 0 Å². The lowest BCUT2D eigenvalue weighted by atomic mass is 10.4. The zero-order chi connectivity index (χ0) is 11.8. The van der Waals surface area contributed by atoms with E-state index in [9.17, 15) is 9.59 Å². The summed E-state index contributed by atoms with van der Waals surface area (Å²) in [6.07, 6.45) is 1.85. The molecule has 0 aliphatic carbocycles. The van der Waals surface area contributed by atoms with Gasteiger partial charge in [-0.15, -0.1) is 0 Å². The largest absolute Gasteiger partial charge is 0.481 e. The summed E-state index contributed by atoms with van der Waals surface area (Å²) in [5, 5.41) is 19.6. The van der Waals surface area contributed by atoms with Gasteiger partial charge in [-0.1, -0.05) is 0 Å². The van der Waals surface area contributed by atoms with Crippen LogP contribution in [0, 0.1) is 0 Å². The molecule has 1 aromatic heterocycles. The molecule has 1 aromatic rings. The average molecular weight is 227 g/mol. The molecule has 1 heterocycles. The van der Waals surface area contributed by atoms with Crippen molar-refractivity contribution in [2.75, 3.05) is 13.1 Å². The van der Waals surface area contributed by atoms with Crippen LogP contribution in [0.2, 0.25) is 0 Å². The van der Waals surface area contributed by atoms with E-state index < -0.39 is 5.97 Å². The van der Waals surface area contributed by atoms with E-state index in [4.69, 9.17) is 5.11 Å². The van der Waals surface area contributed by atoms with Crippen molar-refractivity contribution in [2.45, 2.75) is 12.8 Å². The van der Waals surface area contributed by atoms with Gasteiger partial charge in [0.1, 0.15) is 12.2 Å². The van der Waals surface area contributed by atoms with Crippen molar-refractivity contribution in [1.82, 2.24) is 25.8 Å². The number of hydrogen-bond donors (Lipinski definition) is 4. The van der Waals surface area contributed by atoms with Gasteiger partial charge in [0.15, 0.2) is 0 Å². The lowest BCUT2D eigenvalue weighted by Gasteiger charge is -2.04. The number of carboxylic acid groups (broad SMARTS) is 1. The van der Waals surface area contributed by atoms with Crippen molar-refractivity contribution >= 4 is 12.0 Å². The molecule has 16 heavy (non-hydrogen) atoms. The minimum atomic E-state index is -0.943. The van der Waals surface area contributed by atoms with Crippen LogP contribution in [0.1, 0.15) is 12.2 Å². The van der Waals surface area contributed by atoms with Gasteiger partial charge >= 0.3 is 12.0 Å². The third kappa shape index (κ3) is 4.94. The fraction of sp³-hybridized carbons (Fsp3) is 0.500. The zero-order valence-electron chi connectivity index (χ0n) is 8.56. The molecule has 1 rings (SSSR count). The van der Waals surface area contributed by atoms with E-state index in [1.54, 1.807) is 0 Å². The Bertz CT molecular complexity index is 337. The van der Waals surface area contributed by atoms with Crippen LogP contribution < -0.4 is 10.6 Å². The number of nitrogens with one attached hydrogen (secondary N) is 3. The van der Waals surface area contributed by atoms with Crippen molar-refractivity contribution < 1.29 is 14.7 Å². The Balaban J connectivity index is 2.04. The van der Waals surface area contributed by atoms with Gasteiger partial charge < -0.3 is 15.7 Å². The van der Waals surface area contributed by atoms with Crippen LogP contribution in [0.15, 0.2) is 6.33 Å². The van der Waals surface area contributed by atoms with Gasteiger partial charge in [0, 0.05) is 19.5 Å². The van der Waals surface area contributed by atoms with Gasteiger partial charge in [-0.2, -0.15) is 5.10 Å². The number of aliphatic carboxylic acids is 1. The monoisotopic (exact) mass is 227 g/mol. The second kappa shape index (κ2) is 6.38. The quantitative estimate of drug-likeness (QED) is 0.503. The van der Waals surface area contributed by atoms with Crippen LogP contribution >= 0.6 is 0 Å². The van der Waals surface area contributed by atoms with Crippen LogP contribution in [0.3, 0.4) is 0 Å². The Hall–Kier alpha value is -2.12. The fourth-order valence-corrected chi connectivity index (χ4v) is 0.991. The molecule has 0 aliphatic rings. The summed E-state index contributed by atoms with van der Waals surface area (Å²) < 4.78 is 0. The number of H-pyrrole nitrogens is 1. The molecule has 4 N–H and O–H groups in total. The zero-order valence-corrected chi connectivity index (χ0v) is 8.56. The third-order valence-corrected chi connectivity index (χ3v) is 1.74. The Kier molecular flexibility index (Phi) is 4.77. The maximum atomic E-state index is 11.1. The summed E-state index contributed by atoms with van der Waals surface area (Å²) in [6.45, 7) is 0.525. The molecule has 0 saturated heterocycles. The first-order valence-electron chi connectivity index (χ1n) is 4.76. The predicted molar refractivity (Wildman–Crippen MR) is 53.7 cm³/mol. The first-order chi connectivity index (χ1) is 7.68. The Morgan fingerprint density at radius 2 is 2.12 bits per heavy atom. The molecule has 0 fully saturated rings. The maximum absolute atomic E-state index is 11.1. The Morgan fingerprint density at radius 1 is 1.38 bits per heavy atom. The molecule has 2 amide bonds. The number of carbonyl (C=O) groups is 2. The highest BCUT2D eigenvalue weighted by molar-refractivity contribution is 5.74. The highest BCUT2D eigenvalue weighted by Gasteiger charge is 2.02. The van der Waals surface area contributed by atoms with E-state index in [0.717, 1.165) is 0 Å². The van der Waals surface area contributed by atoms with Crippen molar-refractivity contribution in [3.8, 4) is 0 Å². The third-order valence-electron chi connectivity index (χ3n) is 1.74. The molecule has 0 bridgehead atoms. The summed E-state index contributed by atoms with van der Waals surface area (Å²) in [5.41, 5.74) is 0. The lowest BCUT2D eigenvalue weighted by molar-refractivity contribution is -0.136. The SMILES string of the molecule is O=C(O)CCNC(=O)NCCc1ncn[nH]1. The van der Waals surface area contributed by atoms with Crippen molar-refractivity contribution in [1.29, 1.82) is 0 Å². The van der Waals surface area contributed by atoms with E-state index in [0.29, 0.717) is 18.8 Å². The summed E-state index contributed by atoms with van der Waals surface area (Å²) >= 11 is 0. The number of hydrogen-bond acceptors (Lipinski definition) is 4.